The van der Waals surface area contributed by atoms with Crippen molar-refractivity contribution in [1.82, 2.24) is 14.8 Å². The van der Waals surface area contributed by atoms with Crippen LogP contribution in [0.1, 0.15) is 35.7 Å². The number of alkyl halides is 3. The largest absolute Gasteiger partial charge is 0.490 e. The van der Waals surface area contributed by atoms with E-state index in [2.05, 4.69) is 5.32 Å². The summed E-state index contributed by atoms with van der Waals surface area (Å²) in [5.74, 6) is -7.93. The summed E-state index contributed by atoms with van der Waals surface area (Å²) in [6, 6.07) is -0.712. The third kappa shape index (κ3) is 6.84. The normalized spacial score (nSPS) is 21.8. The molecule has 2 saturated heterocycles. The molecule has 15 nitrogen and oxygen atoms in total. The molecule has 6 N–H and O–H groups in total. The van der Waals surface area contributed by atoms with Gasteiger partial charge in [0.2, 0.25) is 11.3 Å². The monoisotopic (exact) mass is 719 g/mol. The fourth-order valence-electron chi connectivity index (χ4n) is 5.65. The molecule has 1 aromatic heterocycles. The van der Waals surface area contributed by atoms with Gasteiger partial charge in [0.05, 0.1) is 16.9 Å². The number of aromatic carboxylic acids is 1. The molecule has 1 saturated carbocycles. The lowest BCUT2D eigenvalue weighted by Gasteiger charge is -2.47. The van der Waals surface area contributed by atoms with Crippen molar-refractivity contribution < 1.29 is 66.0 Å². The van der Waals surface area contributed by atoms with E-state index < -0.39 is 76.2 Å². The highest BCUT2D eigenvalue weighted by molar-refractivity contribution is 8.00. The van der Waals surface area contributed by atoms with Gasteiger partial charge in [-0.05, 0) is 25.3 Å². The Labute approximate surface area is 275 Å². The summed E-state index contributed by atoms with van der Waals surface area (Å²) in [5.41, 5.74) is 3.61. The van der Waals surface area contributed by atoms with Gasteiger partial charge in [0, 0.05) is 36.7 Å². The molecule has 2 amide bonds. The predicted octanol–water partition coefficient (Wildman–Crippen LogP) is 1.83. The van der Waals surface area contributed by atoms with Crippen LogP contribution in [0.2, 0.25) is 0 Å². The topological polar surface area (TPSA) is 222 Å². The van der Waals surface area contributed by atoms with E-state index in [1.807, 2.05) is 0 Å². The zero-order valence-electron chi connectivity index (χ0n) is 24.8. The molecule has 3 atom stereocenters. The molecule has 264 valence electrons. The lowest BCUT2D eigenvalue weighted by Crippen LogP contribution is -2.68. The third-order valence-electron chi connectivity index (χ3n) is 8.09. The van der Waals surface area contributed by atoms with E-state index in [0.29, 0.717) is 19.3 Å². The standard InChI is InChI=1S/C26H25F2N5O8S.C2HF3O2/c27-15-5-13-19(32(12-1-2-12)7-14(21(13)34)24(36)37)16(28)20(15)31-4-3-11(6-31)30-26(40)41-8-10-9-42-23-17(29)22(35)33(23)18(10)25(38)39;3-2(4,5)1(6)7/h5,7,11-12,17,23H,1-4,6,8-9,29H2,(H,30,40)(H,36,37)(H,38,39);(H,6,7)/t11?,17-,23-;/m1./s1. The maximum atomic E-state index is 15.9. The molecule has 0 bridgehead atoms. The molecule has 3 fully saturated rings. The Kier molecular flexibility index (Phi) is 9.52. The average Bonchev–Trinajstić information content (AvgIpc) is 3.78. The first-order valence-corrected chi connectivity index (χ1v) is 15.4. The Morgan fingerprint density at radius 3 is 2.29 bits per heavy atom. The summed E-state index contributed by atoms with van der Waals surface area (Å²) in [6.45, 7) is -0.210. The number of nitrogens with one attached hydrogen (secondary N) is 1. The van der Waals surface area contributed by atoms with E-state index in [4.69, 9.17) is 20.4 Å². The van der Waals surface area contributed by atoms with Gasteiger partial charge in [-0.25, -0.2) is 28.0 Å². The molecule has 2 aromatic rings. The number of nitrogens with zero attached hydrogens (tertiary/aromatic N) is 3. The number of anilines is 1. The second-order valence-corrected chi connectivity index (χ2v) is 12.5. The number of nitrogens with two attached hydrogens (primary N) is 1. The number of alkyl carbamates (subject to hydrolysis) is 1. The fourth-order valence-corrected chi connectivity index (χ4v) is 6.92. The van der Waals surface area contributed by atoms with Crippen LogP contribution in [0.5, 0.6) is 0 Å². The molecule has 49 heavy (non-hydrogen) atoms. The van der Waals surface area contributed by atoms with Crippen molar-refractivity contribution in [2.24, 2.45) is 5.73 Å². The Morgan fingerprint density at radius 2 is 1.71 bits per heavy atom. The first-order chi connectivity index (χ1) is 22.9. The van der Waals surface area contributed by atoms with Crippen LogP contribution in [0.25, 0.3) is 10.9 Å². The second-order valence-electron chi connectivity index (χ2n) is 11.4. The lowest BCUT2D eigenvalue weighted by molar-refractivity contribution is -0.192. The molecular formula is C28H26F5N5O10S. The Hall–Kier alpha value is -4.92. The maximum Gasteiger partial charge on any atom is 0.490 e. The first-order valence-electron chi connectivity index (χ1n) is 14.4. The number of hydrogen-bond donors (Lipinski definition) is 5. The van der Waals surface area contributed by atoms with E-state index in [1.54, 1.807) is 0 Å². The fraction of sp³-hybridized carbons (Fsp3) is 0.429. The van der Waals surface area contributed by atoms with E-state index >= 15 is 8.78 Å². The molecule has 21 heteroatoms. The van der Waals surface area contributed by atoms with Gasteiger partial charge in [-0.1, -0.05) is 0 Å². The van der Waals surface area contributed by atoms with Crippen molar-refractivity contribution in [3.63, 3.8) is 0 Å². The van der Waals surface area contributed by atoms with Crippen molar-refractivity contribution in [3.05, 3.63) is 51.0 Å². The van der Waals surface area contributed by atoms with Gasteiger partial charge >= 0.3 is 30.2 Å². The molecule has 4 aliphatic rings. The molecule has 1 aromatic carbocycles. The predicted molar refractivity (Wildman–Crippen MR) is 158 cm³/mol. The Morgan fingerprint density at radius 1 is 1.06 bits per heavy atom. The summed E-state index contributed by atoms with van der Waals surface area (Å²) in [7, 11) is 0. The van der Waals surface area contributed by atoms with Crippen LogP contribution in [0.4, 0.5) is 32.4 Å². The van der Waals surface area contributed by atoms with Crippen molar-refractivity contribution in [3.8, 4) is 0 Å². The summed E-state index contributed by atoms with van der Waals surface area (Å²) < 4.78 is 69.5. The van der Waals surface area contributed by atoms with Gasteiger partial charge in [0.1, 0.15) is 40.8 Å². The SMILES string of the molecule is N[C@@H]1C(=O)N2C(C(=O)O)=C(COC(=O)NC3CCN(c4c(F)cc5c(=O)c(C(=O)O)cn(C6CC6)c5c4F)C3)CS[C@H]12.O=C(O)C(F)(F)F. The van der Waals surface area contributed by atoms with Crippen LogP contribution < -0.4 is 21.4 Å². The average molecular weight is 720 g/mol. The number of carboxylic acids is 3. The number of aliphatic carboxylic acids is 2. The van der Waals surface area contributed by atoms with Crippen LogP contribution in [-0.4, -0.2) is 104 Å². The number of fused-ring (bicyclic) bond motifs is 2. The number of carbonyl (C=O) groups is 5. The van der Waals surface area contributed by atoms with Gasteiger partial charge in [-0.3, -0.25) is 14.5 Å². The molecule has 1 unspecified atom stereocenters. The number of carboxylic acid groups (broad SMARTS) is 3. The number of carbonyl (C=O) groups excluding carboxylic acids is 2. The summed E-state index contributed by atoms with van der Waals surface area (Å²) >= 11 is 1.27. The summed E-state index contributed by atoms with van der Waals surface area (Å²) in [5, 5.41) is 27.9. The minimum absolute atomic E-state index is 0.0100. The molecular weight excluding hydrogens is 693 g/mol. The molecule has 3 aliphatic heterocycles. The van der Waals surface area contributed by atoms with E-state index in [0.717, 1.165) is 17.2 Å². The number of thioether (sulfide) groups is 1. The number of aromatic nitrogens is 1. The third-order valence-corrected chi connectivity index (χ3v) is 9.45. The lowest BCUT2D eigenvalue weighted by atomic mass is 10.0. The van der Waals surface area contributed by atoms with Gasteiger partial charge in [-0.15, -0.1) is 11.8 Å². The number of rotatable bonds is 7. The van der Waals surface area contributed by atoms with Crippen molar-refractivity contribution in [2.45, 2.75) is 48.9 Å². The molecule has 0 spiro atoms. The van der Waals surface area contributed by atoms with Crippen LogP contribution >= 0.6 is 11.8 Å². The summed E-state index contributed by atoms with van der Waals surface area (Å²) in [4.78, 5) is 72.1. The molecule has 0 radical (unpaired) electrons. The van der Waals surface area contributed by atoms with E-state index in [9.17, 15) is 47.4 Å². The number of hydrogen-bond acceptors (Lipinski definition) is 10. The van der Waals surface area contributed by atoms with E-state index in [1.165, 1.54) is 21.2 Å². The number of halogens is 5. The minimum Gasteiger partial charge on any atom is -0.477 e. The Balaban J connectivity index is 0.000000606. The van der Waals surface area contributed by atoms with Gasteiger partial charge < -0.3 is 40.6 Å². The maximum absolute atomic E-state index is 15.9. The van der Waals surface area contributed by atoms with Crippen LogP contribution in [0, 0.1) is 11.6 Å². The highest BCUT2D eigenvalue weighted by atomic mass is 32.2. The number of amides is 2. The highest BCUT2D eigenvalue weighted by Crippen LogP contribution is 2.41. The van der Waals surface area contributed by atoms with Crippen molar-refractivity contribution in [1.29, 1.82) is 0 Å². The Bertz CT molecular complexity index is 1860. The molecule has 6 rings (SSSR count). The van der Waals surface area contributed by atoms with Crippen molar-refractivity contribution >= 4 is 58.3 Å². The van der Waals surface area contributed by atoms with Gasteiger partial charge in [-0.2, -0.15) is 13.2 Å². The zero-order chi connectivity index (χ0) is 36.1. The number of pyridine rings is 1. The van der Waals surface area contributed by atoms with Gasteiger partial charge in [0.25, 0.3) is 0 Å². The molecule has 4 heterocycles. The first kappa shape index (κ1) is 35.4. The summed E-state index contributed by atoms with van der Waals surface area (Å²) in [6.07, 6.45) is -3.23. The van der Waals surface area contributed by atoms with E-state index in [-0.39, 0.29) is 59.4 Å². The number of ether oxygens (including phenoxy) is 1. The highest BCUT2D eigenvalue weighted by Gasteiger charge is 2.52. The second kappa shape index (κ2) is 13.2. The smallest absolute Gasteiger partial charge is 0.477 e. The quantitative estimate of drug-likeness (QED) is 0.204. The van der Waals surface area contributed by atoms with Gasteiger partial charge in [0.15, 0.2) is 5.82 Å². The van der Waals surface area contributed by atoms with Crippen molar-refractivity contribution in [2.75, 3.05) is 30.3 Å². The number of benzene rings is 1. The van der Waals surface area contributed by atoms with Crippen LogP contribution in [-0.2, 0) is 19.1 Å². The zero-order valence-corrected chi connectivity index (χ0v) is 25.6. The van der Waals surface area contributed by atoms with Crippen LogP contribution in [0.15, 0.2) is 28.3 Å². The van der Waals surface area contributed by atoms with Crippen LogP contribution in [0.3, 0.4) is 0 Å². The minimum atomic E-state index is -5.08. The number of β-lactam (4-membered cyclic amide) rings is 1. The molecule has 1 aliphatic carbocycles.